The minimum Gasteiger partial charge on any atom is -0.338 e. The second-order valence-electron chi connectivity index (χ2n) is 5.15. The number of hydrogen-bond acceptors (Lipinski definition) is 4. The van der Waals surface area contributed by atoms with Crippen LogP contribution < -0.4 is 0 Å². The van der Waals surface area contributed by atoms with E-state index in [0.717, 1.165) is 43.2 Å². The molecule has 112 valence electrons. The van der Waals surface area contributed by atoms with Crippen LogP contribution >= 0.6 is 22.9 Å². The average molecular weight is 325 g/mol. The predicted molar refractivity (Wildman–Crippen MR) is 82.9 cm³/mol. The highest BCUT2D eigenvalue weighted by Crippen LogP contribution is 2.29. The van der Waals surface area contributed by atoms with Gasteiger partial charge in [0.05, 0.1) is 9.21 Å². The van der Waals surface area contributed by atoms with Gasteiger partial charge in [-0.25, -0.2) is 0 Å². The molecule has 1 aliphatic rings. The van der Waals surface area contributed by atoms with Gasteiger partial charge >= 0.3 is 0 Å². The van der Waals surface area contributed by atoms with Crippen molar-refractivity contribution in [2.24, 2.45) is 0 Å². The van der Waals surface area contributed by atoms with E-state index in [-0.39, 0.29) is 5.91 Å². The van der Waals surface area contributed by atoms with Gasteiger partial charge in [0.25, 0.3) is 5.91 Å². The zero-order valence-electron chi connectivity index (χ0n) is 11.8. The standard InChI is InChI=1S/C14H17ClN4OS/c1-2-18-9-16-17-13(18)10-5-7-19(8-6-10)14(20)11-3-4-12(15)21-11/h3-4,9-10H,2,5-8H2,1H3. The van der Waals surface area contributed by atoms with Gasteiger partial charge in [0, 0.05) is 25.6 Å². The van der Waals surface area contributed by atoms with E-state index < -0.39 is 0 Å². The molecule has 0 aromatic carbocycles. The molecule has 1 fully saturated rings. The van der Waals surface area contributed by atoms with Gasteiger partial charge in [0.15, 0.2) is 0 Å². The Morgan fingerprint density at radius 1 is 1.43 bits per heavy atom. The Hall–Kier alpha value is -1.40. The van der Waals surface area contributed by atoms with E-state index in [2.05, 4.69) is 21.7 Å². The molecule has 2 aromatic heterocycles. The Bertz CT molecular complexity index is 630. The number of hydrogen-bond donors (Lipinski definition) is 0. The summed E-state index contributed by atoms with van der Waals surface area (Å²) in [5.74, 6) is 1.52. The molecule has 1 amide bonds. The number of carbonyl (C=O) groups is 1. The quantitative estimate of drug-likeness (QED) is 0.872. The first-order valence-electron chi connectivity index (χ1n) is 7.11. The smallest absolute Gasteiger partial charge is 0.263 e. The minimum absolute atomic E-state index is 0.0855. The molecule has 21 heavy (non-hydrogen) atoms. The molecule has 3 rings (SSSR count). The Balaban J connectivity index is 1.64. The second-order valence-corrected chi connectivity index (χ2v) is 6.86. The van der Waals surface area contributed by atoms with Crippen LogP contribution in [-0.2, 0) is 6.54 Å². The van der Waals surface area contributed by atoms with Crippen LogP contribution in [0.25, 0.3) is 0 Å². The van der Waals surface area contributed by atoms with Crippen molar-refractivity contribution in [2.75, 3.05) is 13.1 Å². The maximum Gasteiger partial charge on any atom is 0.263 e. The van der Waals surface area contributed by atoms with Crippen LogP contribution in [0.2, 0.25) is 4.34 Å². The third kappa shape index (κ3) is 2.96. The van der Waals surface area contributed by atoms with Crippen LogP contribution in [0.1, 0.15) is 41.2 Å². The maximum absolute atomic E-state index is 12.4. The predicted octanol–water partition coefficient (Wildman–Crippen LogP) is 3.03. The Labute approximate surface area is 132 Å². The summed E-state index contributed by atoms with van der Waals surface area (Å²) in [6, 6.07) is 3.57. The molecule has 0 atom stereocenters. The topological polar surface area (TPSA) is 51.0 Å². The molecule has 0 radical (unpaired) electrons. The van der Waals surface area contributed by atoms with Crippen molar-refractivity contribution in [1.82, 2.24) is 19.7 Å². The third-order valence-corrected chi connectivity index (χ3v) is 5.14. The Morgan fingerprint density at radius 2 is 2.19 bits per heavy atom. The van der Waals surface area contributed by atoms with E-state index in [4.69, 9.17) is 11.6 Å². The molecule has 3 heterocycles. The summed E-state index contributed by atoms with van der Waals surface area (Å²) in [6.45, 7) is 4.49. The number of carbonyl (C=O) groups excluding carboxylic acids is 1. The first kappa shape index (κ1) is 14.5. The Kier molecular flexibility index (Phi) is 4.26. The van der Waals surface area contributed by atoms with Gasteiger partial charge in [0.2, 0.25) is 0 Å². The number of aromatic nitrogens is 3. The SMILES string of the molecule is CCn1cnnc1C1CCN(C(=O)c2ccc(Cl)s2)CC1. The van der Waals surface area contributed by atoms with E-state index in [9.17, 15) is 4.79 Å². The van der Waals surface area contributed by atoms with Crippen molar-refractivity contribution in [3.8, 4) is 0 Å². The van der Waals surface area contributed by atoms with Crippen LogP contribution in [0.5, 0.6) is 0 Å². The number of likely N-dealkylation sites (tertiary alicyclic amines) is 1. The summed E-state index contributed by atoms with van der Waals surface area (Å²) in [4.78, 5) is 15.0. The van der Waals surface area contributed by atoms with Crippen molar-refractivity contribution in [1.29, 1.82) is 0 Å². The lowest BCUT2D eigenvalue weighted by Gasteiger charge is -2.31. The van der Waals surface area contributed by atoms with Crippen LogP contribution in [0, 0.1) is 0 Å². The molecule has 0 N–H and O–H groups in total. The molecule has 2 aromatic rings. The summed E-state index contributed by atoms with van der Waals surface area (Å²) >= 11 is 7.24. The maximum atomic E-state index is 12.4. The van der Waals surface area contributed by atoms with Crippen molar-refractivity contribution in [3.05, 3.63) is 33.5 Å². The molecule has 0 unspecified atom stereocenters. The second kappa shape index (κ2) is 6.15. The molecular formula is C14H17ClN4OS. The van der Waals surface area contributed by atoms with Crippen LogP contribution in [-0.4, -0.2) is 38.7 Å². The fraction of sp³-hybridized carbons (Fsp3) is 0.500. The van der Waals surface area contributed by atoms with E-state index in [1.807, 2.05) is 4.90 Å². The van der Waals surface area contributed by atoms with Crippen LogP contribution in [0.3, 0.4) is 0 Å². The van der Waals surface area contributed by atoms with Crippen LogP contribution in [0.15, 0.2) is 18.5 Å². The van der Waals surface area contributed by atoms with Crippen molar-refractivity contribution < 1.29 is 4.79 Å². The highest BCUT2D eigenvalue weighted by atomic mass is 35.5. The van der Waals surface area contributed by atoms with E-state index in [1.54, 1.807) is 18.5 Å². The number of halogens is 1. The number of amides is 1. The van der Waals surface area contributed by atoms with Gasteiger partial charge in [0.1, 0.15) is 12.2 Å². The van der Waals surface area contributed by atoms with Crippen molar-refractivity contribution >= 4 is 28.8 Å². The van der Waals surface area contributed by atoms with Gasteiger partial charge in [-0.3, -0.25) is 4.79 Å². The highest BCUT2D eigenvalue weighted by molar-refractivity contribution is 7.17. The lowest BCUT2D eigenvalue weighted by molar-refractivity contribution is 0.0715. The summed E-state index contributed by atoms with van der Waals surface area (Å²) in [7, 11) is 0. The van der Waals surface area contributed by atoms with Gasteiger partial charge in [-0.1, -0.05) is 11.6 Å². The van der Waals surface area contributed by atoms with Crippen molar-refractivity contribution in [2.45, 2.75) is 32.2 Å². The third-order valence-electron chi connectivity index (χ3n) is 3.92. The molecule has 1 saturated heterocycles. The molecule has 0 saturated carbocycles. The zero-order valence-corrected chi connectivity index (χ0v) is 13.4. The largest absolute Gasteiger partial charge is 0.338 e. The monoisotopic (exact) mass is 324 g/mol. The zero-order chi connectivity index (χ0) is 14.8. The fourth-order valence-corrected chi connectivity index (χ4v) is 3.76. The number of piperidine rings is 1. The Morgan fingerprint density at radius 3 is 2.81 bits per heavy atom. The first-order chi connectivity index (χ1) is 10.2. The molecular weight excluding hydrogens is 308 g/mol. The van der Waals surface area contributed by atoms with Crippen LogP contribution in [0.4, 0.5) is 0 Å². The highest BCUT2D eigenvalue weighted by Gasteiger charge is 2.27. The number of aryl methyl sites for hydroxylation is 1. The molecule has 0 bridgehead atoms. The lowest BCUT2D eigenvalue weighted by atomic mass is 9.96. The van der Waals surface area contributed by atoms with E-state index in [0.29, 0.717) is 10.3 Å². The van der Waals surface area contributed by atoms with Gasteiger partial charge < -0.3 is 9.47 Å². The summed E-state index contributed by atoms with van der Waals surface area (Å²) in [5.41, 5.74) is 0. The average Bonchev–Trinajstić information content (AvgIpc) is 3.15. The minimum atomic E-state index is 0.0855. The fourth-order valence-electron chi connectivity index (χ4n) is 2.75. The molecule has 7 heteroatoms. The summed E-state index contributed by atoms with van der Waals surface area (Å²) < 4.78 is 2.74. The summed E-state index contributed by atoms with van der Waals surface area (Å²) in [5, 5.41) is 8.23. The van der Waals surface area contributed by atoms with E-state index in [1.165, 1.54) is 11.3 Å². The number of thiophene rings is 1. The first-order valence-corrected chi connectivity index (χ1v) is 8.30. The number of nitrogens with zero attached hydrogens (tertiary/aromatic N) is 4. The number of rotatable bonds is 3. The van der Waals surface area contributed by atoms with E-state index >= 15 is 0 Å². The van der Waals surface area contributed by atoms with Crippen molar-refractivity contribution in [3.63, 3.8) is 0 Å². The molecule has 5 nitrogen and oxygen atoms in total. The summed E-state index contributed by atoms with van der Waals surface area (Å²) in [6.07, 6.45) is 3.65. The lowest BCUT2D eigenvalue weighted by Crippen LogP contribution is -2.38. The molecule has 0 aliphatic carbocycles. The normalized spacial score (nSPS) is 16.4. The van der Waals surface area contributed by atoms with Gasteiger partial charge in [-0.05, 0) is 31.9 Å². The molecule has 1 aliphatic heterocycles. The van der Waals surface area contributed by atoms with Gasteiger partial charge in [-0.2, -0.15) is 0 Å². The molecule has 0 spiro atoms. The van der Waals surface area contributed by atoms with Gasteiger partial charge in [-0.15, -0.1) is 21.5 Å².